The van der Waals surface area contributed by atoms with Crippen molar-refractivity contribution in [2.45, 2.75) is 6.10 Å². The second kappa shape index (κ2) is 13.6. The third-order valence-electron chi connectivity index (χ3n) is 4.62. The molecular formula is C23H28N6O7. The molecule has 0 aromatic carbocycles. The summed E-state index contributed by atoms with van der Waals surface area (Å²) in [6.07, 6.45) is 7.24. The van der Waals surface area contributed by atoms with Crippen LogP contribution in [0.3, 0.4) is 0 Å². The van der Waals surface area contributed by atoms with Gasteiger partial charge in [-0.05, 0) is 6.08 Å². The molecule has 0 N–H and O–H groups in total. The van der Waals surface area contributed by atoms with Crippen molar-refractivity contribution in [1.82, 2.24) is 29.8 Å². The number of amides is 1. The third-order valence-corrected chi connectivity index (χ3v) is 4.62. The lowest BCUT2D eigenvalue weighted by atomic mass is 10.2. The molecule has 0 spiro atoms. The summed E-state index contributed by atoms with van der Waals surface area (Å²) >= 11 is 0. The molecule has 1 aliphatic heterocycles. The topological polar surface area (TPSA) is 140 Å². The van der Waals surface area contributed by atoms with Gasteiger partial charge in [0.05, 0.1) is 32.9 Å². The number of aromatic nitrogens is 5. The molecule has 3 rings (SSSR count). The standard InChI is InChI=1S/C23H28N6O7/c1-5-10-34-21-26-22(35-11-6-2)28-23(27-21)36-15-17-14-29(9-12-33-17)18(30)8-7-16-13-24-20(32-4)25-19(16)31-3/h5-8,13,17H,1-2,9-12,14-15H2,3-4H3/b8-7+. The number of carbonyl (C=O) groups is 1. The molecule has 192 valence electrons. The normalized spacial score (nSPS) is 15.3. The molecule has 1 aliphatic rings. The highest BCUT2D eigenvalue weighted by atomic mass is 16.6. The van der Waals surface area contributed by atoms with Crippen molar-refractivity contribution in [3.63, 3.8) is 0 Å². The lowest BCUT2D eigenvalue weighted by Crippen LogP contribution is -2.47. The molecule has 2 aromatic heterocycles. The first-order valence-corrected chi connectivity index (χ1v) is 11.0. The van der Waals surface area contributed by atoms with Crippen LogP contribution < -0.4 is 23.7 Å². The summed E-state index contributed by atoms with van der Waals surface area (Å²) < 4.78 is 32.4. The van der Waals surface area contributed by atoms with Crippen LogP contribution in [0.15, 0.2) is 37.6 Å². The molecule has 2 aromatic rings. The third kappa shape index (κ3) is 7.63. The summed E-state index contributed by atoms with van der Waals surface area (Å²) in [4.78, 5) is 34.8. The van der Waals surface area contributed by atoms with E-state index in [1.807, 2.05) is 0 Å². The van der Waals surface area contributed by atoms with E-state index in [1.54, 1.807) is 23.1 Å². The predicted octanol–water partition coefficient (Wildman–Crippen LogP) is 1.13. The number of ether oxygens (including phenoxy) is 6. The number of morpholine rings is 1. The van der Waals surface area contributed by atoms with Crippen molar-refractivity contribution < 1.29 is 33.2 Å². The van der Waals surface area contributed by atoms with Crippen molar-refractivity contribution in [3.05, 3.63) is 43.1 Å². The Morgan fingerprint density at radius 1 is 1.03 bits per heavy atom. The number of rotatable bonds is 13. The Balaban J connectivity index is 1.60. The fourth-order valence-corrected chi connectivity index (χ4v) is 2.97. The quantitative estimate of drug-likeness (QED) is 0.287. The van der Waals surface area contributed by atoms with Gasteiger partial charge in [-0.25, -0.2) is 4.98 Å². The van der Waals surface area contributed by atoms with Crippen molar-refractivity contribution in [3.8, 4) is 29.9 Å². The van der Waals surface area contributed by atoms with Gasteiger partial charge in [-0.2, -0.15) is 4.98 Å². The predicted molar refractivity (Wildman–Crippen MR) is 127 cm³/mol. The van der Waals surface area contributed by atoms with Crippen LogP contribution in [0.5, 0.6) is 29.9 Å². The monoisotopic (exact) mass is 500 g/mol. The minimum Gasteiger partial charge on any atom is -0.480 e. The number of hydrogen-bond acceptors (Lipinski definition) is 12. The van der Waals surface area contributed by atoms with Gasteiger partial charge in [0, 0.05) is 18.8 Å². The molecule has 1 unspecified atom stereocenters. The highest BCUT2D eigenvalue weighted by Crippen LogP contribution is 2.19. The first-order valence-electron chi connectivity index (χ1n) is 11.0. The smallest absolute Gasteiger partial charge is 0.326 e. The summed E-state index contributed by atoms with van der Waals surface area (Å²) in [6.45, 7) is 8.78. The fourth-order valence-electron chi connectivity index (χ4n) is 2.97. The summed E-state index contributed by atoms with van der Waals surface area (Å²) in [5, 5.41) is 0. The zero-order valence-electron chi connectivity index (χ0n) is 20.2. The van der Waals surface area contributed by atoms with Crippen molar-refractivity contribution >= 4 is 12.0 Å². The first kappa shape index (κ1) is 26.3. The number of carbonyl (C=O) groups excluding carboxylic acids is 1. The highest BCUT2D eigenvalue weighted by molar-refractivity contribution is 5.92. The number of nitrogens with zero attached hydrogens (tertiary/aromatic N) is 6. The van der Waals surface area contributed by atoms with Crippen LogP contribution in [0.2, 0.25) is 0 Å². The zero-order valence-corrected chi connectivity index (χ0v) is 20.2. The van der Waals surface area contributed by atoms with Crippen LogP contribution in [0.4, 0.5) is 0 Å². The van der Waals surface area contributed by atoms with Crippen LogP contribution >= 0.6 is 0 Å². The number of hydrogen-bond donors (Lipinski definition) is 0. The highest BCUT2D eigenvalue weighted by Gasteiger charge is 2.24. The van der Waals surface area contributed by atoms with E-state index in [0.29, 0.717) is 31.1 Å². The molecule has 36 heavy (non-hydrogen) atoms. The van der Waals surface area contributed by atoms with Crippen LogP contribution in [0.1, 0.15) is 5.56 Å². The summed E-state index contributed by atoms with van der Waals surface area (Å²) in [6, 6.07) is 0.233. The molecule has 1 fully saturated rings. The maximum absolute atomic E-state index is 12.8. The van der Waals surface area contributed by atoms with Gasteiger partial charge in [0.1, 0.15) is 25.9 Å². The maximum atomic E-state index is 12.8. The van der Waals surface area contributed by atoms with E-state index in [4.69, 9.17) is 28.4 Å². The van der Waals surface area contributed by atoms with Crippen LogP contribution in [0.25, 0.3) is 6.08 Å². The van der Waals surface area contributed by atoms with E-state index >= 15 is 0 Å². The zero-order chi connectivity index (χ0) is 25.8. The van der Waals surface area contributed by atoms with E-state index in [1.165, 1.54) is 26.5 Å². The molecule has 0 aliphatic carbocycles. The van der Waals surface area contributed by atoms with E-state index in [-0.39, 0.29) is 49.8 Å². The SMILES string of the molecule is C=CCOc1nc(OCC=C)nc(OCC2CN(C(=O)/C=C/c3cnc(OC)nc3OC)CCO2)n1. The lowest BCUT2D eigenvalue weighted by Gasteiger charge is -2.32. The molecule has 0 radical (unpaired) electrons. The Labute approximate surface area is 208 Å². The van der Waals surface area contributed by atoms with Gasteiger partial charge >= 0.3 is 24.0 Å². The van der Waals surface area contributed by atoms with Crippen LogP contribution in [-0.4, -0.2) is 95.6 Å². The average molecular weight is 501 g/mol. The molecule has 1 atom stereocenters. The second-order valence-electron chi connectivity index (χ2n) is 7.13. The maximum Gasteiger partial charge on any atom is 0.326 e. The van der Waals surface area contributed by atoms with Crippen LogP contribution in [0, 0.1) is 0 Å². The number of methoxy groups -OCH3 is 2. The Kier molecular flexibility index (Phi) is 9.94. The van der Waals surface area contributed by atoms with Crippen molar-refractivity contribution in [1.29, 1.82) is 0 Å². The molecule has 0 bridgehead atoms. The lowest BCUT2D eigenvalue weighted by molar-refractivity contribution is -0.134. The largest absolute Gasteiger partial charge is 0.480 e. The molecule has 3 heterocycles. The molecule has 13 nitrogen and oxygen atoms in total. The van der Waals surface area contributed by atoms with Crippen LogP contribution in [-0.2, 0) is 9.53 Å². The fraction of sp³-hybridized carbons (Fsp3) is 0.391. The molecule has 1 saturated heterocycles. The molecule has 1 amide bonds. The van der Waals surface area contributed by atoms with Gasteiger partial charge in [0.2, 0.25) is 11.8 Å². The van der Waals surface area contributed by atoms with Gasteiger partial charge in [0.15, 0.2) is 0 Å². The van der Waals surface area contributed by atoms with Gasteiger partial charge in [0.25, 0.3) is 0 Å². The Bertz CT molecular complexity index is 1050. The summed E-state index contributed by atoms with van der Waals surface area (Å²) in [5.41, 5.74) is 0.540. The van der Waals surface area contributed by atoms with E-state index < -0.39 is 6.10 Å². The minimum absolute atomic E-state index is 0.00155. The Morgan fingerprint density at radius 3 is 2.31 bits per heavy atom. The van der Waals surface area contributed by atoms with E-state index in [9.17, 15) is 4.79 Å². The minimum atomic E-state index is -0.401. The van der Waals surface area contributed by atoms with Gasteiger partial charge < -0.3 is 33.3 Å². The van der Waals surface area contributed by atoms with E-state index in [0.717, 1.165) is 0 Å². The Morgan fingerprint density at radius 2 is 1.69 bits per heavy atom. The van der Waals surface area contributed by atoms with Crippen molar-refractivity contribution in [2.75, 3.05) is 53.7 Å². The van der Waals surface area contributed by atoms with E-state index in [2.05, 4.69) is 38.1 Å². The van der Waals surface area contributed by atoms with Gasteiger partial charge in [-0.15, -0.1) is 15.0 Å². The molecule has 0 saturated carbocycles. The summed E-state index contributed by atoms with van der Waals surface area (Å²) in [5.74, 6) is 0.0888. The molecule has 13 heteroatoms. The van der Waals surface area contributed by atoms with Gasteiger partial charge in [-0.3, -0.25) is 4.79 Å². The average Bonchev–Trinajstić information content (AvgIpc) is 2.92. The van der Waals surface area contributed by atoms with Crippen molar-refractivity contribution in [2.24, 2.45) is 0 Å². The molecular weight excluding hydrogens is 472 g/mol. The van der Waals surface area contributed by atoms with Gasteiger partial charge in [-0.1, -0.05) is 25.3 Å². The summed E-state index contributed by atoms with van der Waals surface area (Å²) in [7, 11) is 2.93. The second-order valence-corrected chi connectivity index (χ2v) is 7.13. The Hall–Kier alpha value is -4.26. The first-order chi connectivity index (χ1) is 17.6.